The quantitative estimate of drug-likeness (QED) is 0.717. The van der Waals surface area contributed by atoms with Gasteiger partial charge in [0.15, 0.2) is 11.5 Å². The van der Waals surface area contributed by atoms with Gasteiger partial charge in [0.25, 0.3) is 0 Å². The second kappa shape index (κ2) is 9.15. The molecule has 0 aliphatic rings. The van der Waals surface area contributed by atoms with Gasteiger partial charge in [0.2, 0.25) is 5.91 Å². The summed E-state index contributed by atoms with van der Waals surface area (Å²) >= 11 is 5.89. The van der Waals surface area contributed by atoms with Crippen molar-refractivity contribution in [2.24, 2.45) is 0 Å². The summed E-state index contributed by atoms with van der Waals surface area (Å²) in [6.07, 6.45) is 0.375. The highest BCUT2D eigenvalue weighted by Crippen LogP contribution is 2.27. The van der Waals surface area contributed by atoms with Gasteiger partial charge < -0.3 is 20.1 Å². The van der Waals surface area contributed by atoms with Crippen LogP contribution in [0.4, 0.5) is 5.69 Å². The highest BCUT2D eigenvalue weighted by Gasteiger charge is 2.05. The largest absolute Gasteiger partial charge is 0.493 e. The van der Waals surface area contributed by atoms with E-state index in [0.29, 0.717) is 41.7 Å². The Morgan fingerprint density at radius 2 is 1.88 bits per heavy atom. The van der Waals surface area contributed by atoms with Gasteiger partial charge in [-0.3, -0.25) is 4.79 Å². The molecule has 1 amide bonds. The van der Waals surface area contributed by atoms with Crippen molar-refractivity contribution in [2.75, 3.05) is 26.1 Å². The van der Waals surface area contributed by atoms with Crippen LogP contribution in [0.25, 0.3) is 0 Å². The number of amides is 1. The van der Waals surface area contributed by atoms with Crippen molar-refractivity contribution in [2.45, 2.75) is 13.0 Å². The van der Waals surface area contributed by atoms with E-state index in [4.69, 9.17) is 21.1 Å². The van der Waals surface area contributed by atoms with Gasteiger partial charge in [-0.2, -0.15) is 0 Å². The molecular formula is C18H21ClN2O3. The van der Waals surface area contributed by atoms with Crippen LogP contribution in [0.3, 0.4) is 0 Å². The molecule has 2 aromatic rings. The highest BCUT2D eigenvalue weighted by molar-refractivity contribution is 6.30. The van der Waals surface area contributed by atoms with E-state index >= 15 is 0 Å². The van der Waals surface area contributed by atoms with Gasteiger partial charge in [-0.05, 0) is 35.9 Å². The average molecular weight is 349 g/mol. The van der Waals surface area contributed by atoms with Crippen LogP contribution in [-0.4, -0.2) is 26.7 Å². The lowest BCUT2D eigenvalue weighted by Crippen LogP contribution is -2.21. The predicted octanol–water partition coefficient (Wildman–Crippen LogP) is 3.48. The Morgan fingerprint density at radius 1 is 1.08 bits per heavy atom. The average Bonchev–Trinajstić information content (AvgIpc) is 2.58. The zero-order valence-corrected chi connectivity index (χ0v) is 14.5. The molecule has 0 aliphatic carbocycles. The fraction of sp³-hybridized carbons (Fsp3) is 0.278. The van der Waals surface area contributed by atoms with Crippen molar-refractivity contribution in [3.05, 3.63) is 53.1 Å². The number of hydrogen-bond acceptors (Lipinski definition) is 4. The summed E-state index contributed by atoms with van der Waals surface area (Å²) in [5.74, 6) is 1.33. The van der Waals surface area contributed by atoms with Gasteiger partial charge in [-0.15, -0.1) is 0 Å². The smallest absolute Gasteiger partial charge is 0.225 e. The number of carbonyl (C=O) groups excluding carboxylic acids is 1. The molecule has 2 N–H and O–H groups in total. The predicted molar refractivity (Wildman–Crippen MR) is 96.0 cm³/mol. The SMILES string of the molecule is COc1ccc(CNCCC(=O)Nc2cccc(Cl)c2)cc1OC. The van der Waals surface area contributed by atoms with Gasteiger partial charge in [0, 0.05) is 30.2 Å². The molecule has 0 saturated heterocycles. The monoisotopic (exact) mass is 348 g/mol. The molecule has 0 heterocycles. The van der Waals surface area contributed by atoms with Crippen molar-refractivity contribution in [1.29, 1.82) is 0 Å². The topological polar surface area (TPSA) is 59.6 Å². The molecule has 24 heavy (non-hydrogen) atoms. The number of anilines is 1. The third-order valence-corrected chi connectivity index (χ3v) is 3.65. The van der Waals surface area contributed by atoms with E-state index in [0.717, 1.165) is 5.56 Å². The number of methoxy groups -OCH3 is 2. The maximum Gasteiger partial charge on any atom is 0.225 e. The van der Waals surface area contributed by atoms with Crippen LogP contribution in [0.1, 0.15) is 12.0 Å². The Balaban J connectivity index is 1.75. The van der Waals surface area contributed by atoms with Crippen LogP contribution in [-0.2, 0) is 11.3 Å². The van der Waals surface area contributed by atoms with E-state index in [1.807, 2.05) is 18.2 Å². The van der Waals surface area contributed by atoms with Gasteiger partial charge in [-0.1, -0.05) is 23.7 Å². The Kier molecular flexibility index (Phi) is 6.90. The van der Waals surface area contributed by atoms with E-state index in [9.17, 15) is 4.79 Å². The molecule has 0 unspecified atom stereocenters. The third-order valence-electron chi connectivity index (χ3n) is 3.41. The molecule has 6 heteroatoms. The van der Waals surface area contributed by atoms with E-state index in [1.54, 1.807) is 38.5 Å². The summed E-state index contributed by atoms with van der Waals surface area (Å²) in [7, 11) is 3.21. The Bertz CT molecular complexity index is 692. The van der Waals surface area contributed by atoms with Crippen molar-refractivity contribution in [3.8, 4) is 11.5 Å². The molecule has 0 atom stereocenters. The maximum absolute atomic E-state index is 11.9. The fourth-order valence-corrected chi connectivity index (χ4v) is 2.41. The molecule has 5 nitrogen and oxygen atoms in total. The first-order valence-corrected chi connectivity index (χ1v) is 7.97. The van der Waals surface area contributed by atoms with Crippen molar-refractivity contribution < 1.29 is 14.3 Å². The molecule has 0 spiro atoms. The standard InChI is InChI=1S/C18H21ClN2O3/c1-23-16-7-6-13(10-17(16)24-2)12-20-9-8-18(22)21-15-5-3-4-14(19)11-15/h3-7,10-11,20H,8-9,12H2,1-2H3,(H,21,22). The second-order valence-corrected chi connectivity index (χ2v) is 5.61. The minimum Gasteiger partial charge on any atom is -0.493 e. The summed E-state index contributed by atoms with van der Waals surface area (Å²) < 4.78 is 10.5. The van der Waals surface area contributed by atoms with Crippen LogP contribution >= 0.6 is 11.6 Å². The molecule has 2 rings (SSSR count). The van der Waals surface area contributed by atoms with Crippen LogP contribution in [0.15, 0.2) is 42.5 Å². The molecule has 0 saturated carbocycles. The number of rotatable bonds is 8. The first-order valence-electron chi connectivity index (χ1n) is 7.59. The Morgan fingerprint density at radius 3 is 2.58 bits per heavy atom. The lowest BCUT2D eigenvalue weighted by atomic mass is 10.2. The van der Waals surface area contributed by atoms with E-state index in [-0.39, 0.29) is 5.91 Å². The van der Waals surface area contributed by atoms with Crippen molar-refractivity contribution >= 4 is 23.2 Å². The van der Waals surface area contributed by atoms with Gasteiger partial charge in [0.05, 0.1) is 14.2 Å². The first-order chi connectivity index (χ1) is 11.6. The van der Waals surface area contributed by atoms with E-state index < -0.39 is 0 Å². The maximum atomic E-state index is 11.9. The zero-order chi connectivity index (χ0) is 17.4. The summed E-state index contributed by atoms with van der Waals surface area (Å²) in [4.78, 5) is 11.9. The molecule has 0 radical (unpaired) electrons. The van der Waals surface area contributed by atoms with Gasteiger partial charge in [0.1, 0.15) is 0 Å². The summed E-state index contributed by atoms with van der Waals surface area (Å²) in [5, 5.41) is 6.65. The van der Waals surface area contributed by atoms with E-state index in [1.165, 1.54) is 0 Å². The number of nitrogens with one attached hydrogen (secondary N) is 2. The fourth-order valence-electron chi connectivity index (χ4n) is 2.21. The number of carbonyl (C=O) groups is 1. The summed E-state index contributed by atoms with van der Waals surface area (Å²) in [5.41, 5.74) is 1.76. The second-order valence-electron chi connectivity index (χ2n) is 5.17. The normalized spacial score (nSPS) is 10.3. The molecule has 0 aromatic heterocycles. The molecule has 128 valence electrons. The van der Waals surface area contributed by atoms with Crippen LogP contribution in [0.5, 0.6) is 11.5 Å². The number of hydrogen-bond donors (Lipinski definition) is 2. The lowest BCUT2D eigenvalue weighted by molar-refractivity contribution is -0.116. The van der Waals surface area contributed by atoms with Crippen molar-refractivity contribution in [3.63, 3.8) is 0 Å². The number of benzene rings is 2. The molecule has 2 aromatic carbocycles. The van der Waals surface area contributed by atoms with Crippen LogP contribution in [0, 0.1) is 0 Å². The van der Waals surface area contributed by atoms with Gasteiger partial charge >= 0.3 is 0 Å². The Hall–Kier alpha value is -2.24. The summed E-state index contributed by atoms with van der Waals surface area (Å²) in [6, 6.07) is 12.8. The van der Waals surface area contributed by atoms with E-state index in [2.05, 4.69) is 10.6 Å². The third kappa shape index (κ3) is 5.44. The molecule has 0 bridgehead atoms. The summed E-state index contributed by atoms with van der Waals surface area (Å²) in [6.45, 7) is 1.21. The minimum absolute atomic E-state index is 0.0583. The number of halogens is 1. The van der Waals surface area contributed by atoms with Gasteiger partial charge in [-0.25, -0.2) is 0 Å². The molecular weight excluding hydrogens is 328 g/mol. The molecule has 0 aliphatic heterocycles. The van der Waals surface area contributed by atoms with Crippen molar-refractivity contribution in [1.82, 2.24) is 5.32 Å². The zero-order valence-electron chi connectivity index (χ0n) is 13.8. The Labute approximate surface area is 146 Å². The molecule has 0 fully saturated rings. The highest BCUT2D eigenvalue weighted by atomic mass is 35.5. The lowest BCUT2D eigenvalue weighted by Gasteiger charge is -2.10. The first kappa shape index (κ1) is 18.1. The minimum atomic E-state index is -0.0583. The van der Waals surface area contributed by atoms with Crippen LogP contribution < -0.4 is 20.1 Å². The number of ether oxygens (including phenoxy) is 2. The van der Waals surface area contributed by atoms with Crippen LogP contribution in [0.2, 0.25) is 5.02 Å².